The van der Waals surface area contributed by atoms with Gasteiger partial charge in [-0.05, 0) is 26.0 Å². The van der Waals surface area contributed by atoms with Crippen LogP contribution in [0.25, 0.3) is 11.4 Å². The molecular formula is C16H17N5O2S2. The number of rotatable bonds is 6. The van der Waals surface area contributed by atoms with Gasteiger partial charge >= 0.3 is 0 Å². The second-order valence-corrected chi connectivity index (χ2v) is 7.00. The van der Waals surface area contributed by atoms with Gasteiger partial charge in [-0.1, -0.05) is 23.9 Å². The van der Waals surface area contributed by atoms with E-state index in [9.17, 15) is 9.90 Å². The Hall–Kier alpha value is -2.39. The van der Waals surface area contributed by atoms with Crippen LogP contribution in [0.4, 0.5) is 5.13 Å². The molecule has 0 saturated carbocycles. The summed E-state index contributed by atoms with van der Waals surface area (Å²) in [6.07, 6.45) is 0. The number of aromatic nitrogens is 4. The van der Waals surface area contributed by atoms with Crippen molar-refractivity contribution in [2.45, 2.75) is 25.5 Å². The van der Waals surface area contributed by atoms with Crippen LogP contribution >= 0.6 is 23.1 Å². The zero-order valence-corrected chi connectivity index (χ0v) is 15.4. The average Bonchev–Trinajstić information content (AvgIpc) is 3.19. The number of hydrogen-bond acceptors (Lipinski definition) is 7. The minimum absolute atomic E-state index is 0.144. The quantitative estimate of drug-likeness (QED) is 0.643. The van der Waals surface area contributed by atoms with Crippen molar-refractivity contribution < 1.29 is 9.90 Å². The van der Waals surface area contributed by atoms with Crippen molar-refractivity contribution in [2.75, 3.05) is 11.1 Å². The largest absolute Gasteiger partial charge is 0.507 e. The summed E-state index contributed by atoms with van der Waals surface area (Å²) in [5.74, 6) is 0.795. The molecule has 25 heavy (non-hydrogen) atoms. The number of hydrogen-bond donors (Lipinski definition) is 2. The van der Waals surface area contributed by atoms with Gasteiger partial charge in [-0.2, -0.15) is 0 Å². The molecular weight excluding hydrogens is 358 g/mol. The number of thiazole rings is 1. The minimum atomic E-state index is -0.144. The number of phenols is 1. The number of para-hydroxylation sites is 1. The summed E-state index contributed by atoms with van der Waals surface area (Å²) in [7, 11) is 0. The van der Waals surface area contributed by atoms with Gasteiger partial charge in [0, 0.05) is 11.9 Å². The van der Waals surface area contributed by atoms with Crippen molar-refractivity contribution in [1.29, 1.82) is 0 Å². The molecule has 3 rings (SSSR count). The van der Waals surface area contributed by atoms with Crippen LogP contribution in [0.5, 0.6) is 5.75 Å². The van der Waals surface area contributed by atoms with Gasteiger partial charge in [-0.25, -0.2) is 4.98 Å². The molecule has 0 atom stereocenters. The number of thioether (sulfide) groups is 1. The highest BCUT2D eigenvalue weighted by Gasteiger charge is 2.17. The molecule has 130 valence electrons. The molecule has 0 spiro atoms. The van der Waals surface area contributed by atoms with Gasteiger partial charge in [0.1, 0.15) is 5.75 Å². The van der Waals surface area contributed by atoms with E-state index in [0.717, 1.165) is 5.69 Å². The van der Waals surface area contributed by atoms with Crippen molar-refractivity contribution in [3.8, 4) is 17.1 Å². The van der Waals surface area contributed by atoms with Crippen LogP contribution < -0.4 is 5.32 Å². The third kappa shape index (κ3) is 3.99. The Bertz CT molecular complexity index is 890. The highest BCUT2D eigenvalue weighted by Crippen LogP contribution is 2.30. The van der Waals surface area contributed by atoms with E-state index in [1.165, 1.54) is 23.1 Å². The molecule has 2 N–H and O–H groups in total. The molecule has 0 unspecified atom stereocenters. The van der Waals surface area contributed by atoms with E-state index in [2.05, 4.69) is 20.5 Å². The highest BCUT2D eigenvalue weighted by atomic mass is 32.2. The van der Waals surface area contributed by atoms with Gasteiger partial charge in [0.2, 0.25) is 5.91 Å². The van der Waals surface area contributed by atoms with Gasteiger partial charge in [0.15, 0.2) is 16.1 Å². The summed E-state index contributed by atoms with van der Waals surface area (Å²) < 4.78 is 1.88. The smallest absolute Gasteiger partial charge is 0.236 e. The van der Waals surface area contributed by atoms with Crippen molar-refractivity contribution >= 4 is 34.1 Å². The number of carbonyl (C=O) groups excluding carboxylic acids is 1. The molecule has 0 saturated heterocycles. The summed E-state index contributed by atoms with van der Waals surface area (Å²) in [5, 5.41) is 24.2. The van der Waals surface area contributed by atoms with Gasteiger partial charge < -0.3 is 15.0 Å². The Morgan fingerprint density at radius 2 is 2.16 bits per heavy atom. The molecule has 7 nitrogen and oxygen atoms in total. The zero-order valence-electron chi connectivity index (χ0n) is 13.8. The first-order valence-electron chi connectivity index (χ1n) is 7.64. The Labute approximate surface area is 153 Å². The molecule has 0 radical (unpaired) electrons. The Kier molecular flexibility index (Phi) is 5.34. The van der Waals surface area contributed by atoms with E-state index in [1.54, 1.807) is 18.2 Å². The second kappa shape index (κ2) is 7.66. The van der Waals surface area contributed by atoms with Crippen LogP contribution in [0.2, 0.25) is 0 Å². The number of aryl methyl sites for hydroxylation is 1. The van der Waals surface area contributed by atoms with E-state index in [1.807, 2.05) is 29.9 Å². The highest BCUT2D eigenvalue weighted by molar-refractivity contribution is 7.99. The molecule has 2 heterocycles. The maximum Gasteiger partial charge on any atom is 0.236 e. The van der Waals surface area contributed by atoms with Gasteiger partial charge in [0.05, 0.1) is 17.0 Å². The molecule has 0 bridgehead atoms. The molecule has 0 aliphatic heterocycles. The number of amides is 1. The van der Waals surface area contributed by atoms with Crippen molar-refractivity contribution in [2.24, 2.45) is 0 Å². The molecule has 0 aliphatic rings. The fourth-order valence-corrected chi connectivity index (χ4v) is 3.75. The molecule has 0 aliphatic carbocycles. The van der Waals surface area contributed by atoms with E-state index >= 15 is 0 Å². The van der Waals surface area contributed by atoms with Gasteiger partial charge in [-0.3, -0.25) is 4.79 Å². The van der Waals surface area contributed by atoms with Crippen molar-refractivity contribution in [1.82, 2.24) is 19.7 Å². The molecule has 2 aromatic heterocycles. The molecule has 1 aromatic carbocycles. The maximum absolute atomic E-state index is 12.1. The number of nitrogens with one attached hydrogen (secondary N) is 1. The topological polar surface area (TPSA) is 92.9 Å². The lowest BCUT2D eigenvalue weighted by Crippen LogP contribution is -2.14. The van der Waals surface area contributed by atoms with Crippen LogP contribution in [0.3, 0.4) is 0 Å². The van der Waals surface area contributed by atoms with Crippen LogP contribution in [-0.4, -0.2) is 36.5 Å². The van der Waals surface area contributed by atoms with Gasteiger partial charge in [-0.15, -0.1) is 21.5 Å². The molecule has 9 heteroatoms. The van der Waals surface area contributed by atoms with Crippen LogP contribution in [0.1, 0.15) is 12.6 Å². The normalized spacial score (nSPS) is 10.8. The Morgan fingerprint density at radius 3 is 2.84 bits per heavy atom. The summed E-state index contributed by atoms with van der Waals surface area (Å²) >= 11 is 2.70. The van der Waals surface area contributed by atoms with Crippen LogP contribution in [-0.2, 0) is 11.3 Å². The maximum atomic E-state index is 12.1. The predicted octanol–water partition coefficient (Wildman–Crippen LogP) is 3.17. The van der Waals surface area contributed by atoms with E-state index < -0.39 is 0 Å². The zero-order chi connectivity index (χ0) is 17.8. The number of anilines is 1. The summed E-state index contributed by atoms with van der Waals surface area (Å²) in [4.78, 5) is 16.3. The first-order valence-corrected chi connectivity index (χ1v) is 9.51. The number of nitrogens with zero attached hydrogens (tertiary/aromatic N) is 4. The fraction of sp³-hybridized carbons (Fsp3) is 0.250. The first kappa shape index (κ1) is 17.4. The first-order chi connectivity index (χ1) is 12.1. The average molecular weight is 375 g/mol. The number of phenolic OH excluding ortho intramolecular Hbond substituents is 1. The third-order valence-corrected chi connectivity index (χ3v) is 5.22. The Morgan fingerprint density at radius 1 is 1.36 bits per heavy atom. The standard InChI is InChI=1S/C16H17N5O2S2/c1-3-21-14(11-6-4-5-7-12(11)22)19-20-16(21)25-9-13(23)18-15-17-10(2)8-24-15/h4-8,22H,3,9H2,1-2H3,(H,17,18,23). The van der Waals surface area contributed by atoms with E-state index in [0.29, 0.717) is 28.2 Å². The van der Waals surface area contributed by atoms with Crippen LogP contribution in [0, 0.1) is 6.92 Å². The summed E-state index contributed by atoms with van der Waals surface area (Å²) in [5.41, 5.74) is 1.50. The predicted molar refractivity (Wildman–Crippen MR) is 99.0 cm³/mol. The minimum Gasteiger partial charge on any atom is -0.507 e. The molecule has 0 fully saturated rings. The summed E-state index contributed by atoms with van der Waals surface area (Å²) in [6.45, 7) is 4.48. The molecule has 3 aromatic rings. The molecule has 1 amide bonds. The fourth-order valence-electron chi connectivity index (χ4n) is 2.24. The lowest BCUT2D eigenvalue weighted by molar-refractivity contribution is -0.113. The van der Waals surface area contributed by atoms with Crippen LogP contribution in [0.15, 0.2) is 34.8 Å². The number of aromatic hydroxyl groups is 1. The SMILES string of the molecule is CCn1c(SCC(=O)Nc2nc(C)cs2)nnc1-c1ccccc1O. The van der Waals surface area contributed by atoms with E-state index in [4.69, 9.17) is 0 Å². The number of carbonyl (C=O) groups is 1. The lowest BCUT2D eigenvalue weighted by atomic mass is 10.2. The van der Waals surface area contributed by atoms with E-state index in [-0.39, 0.29) is 17.4 Å². The third-order valence-electron chi connectivity index (χ3n) is 3.38. The van der Waals surface area contributed by atoms with Crippen molar-refractivity contribution in [3.63, 3.8) is 0 Å². The Balaban J connectivity index is 1.71. The number of benzene rings is 1. The van der Waals surface area contributed by atoms with Gasteiger partial charge in [0.25, 0.3) is 0 Å². The lowest BCUT2D eigenvalue weighted by Gasteiger charge is -2.08. The second-order valence-electron chi connectivity index (χ2n) is 5.20. The summed E-state index contributed by atoms with van der Waals surface area (Å²) in [6, 6.07) is 6.99. The van der Waals surface area contributed by atoms with Crippen molar-refractivity contribution in [3.05, 3.63) is 35.3 Å². The monoisotopic (exact) mass is 375 g/mol.